The zero-order valence-corrected chi connectivity index (χ0v) is 10.8. The van der Waals surface area contributed by atoms with Crippen LogP contribution in [0.5, 0.6) is 5.75 Å². The van der Waals surface area contributed by atoms with E-state index in [0.717, 1.165) is 11.1 Å². The number of nitrogens with two attached hydrogens (primary N) is 1. The summed E-state index contributed by atoms with van der Waals surface area (Å²) in [6, 6.07) is 5.64. The average molecular weight is 252 g/mol. The Morgan fingerprint density at radius 1 is 1.56 bits per heavy atom. The first-order valence-corrected chi connectivity index (χ1v) is 5.86. The van der Waals surface area contributed by atoms with Crippen molar-refractivity contribution in [1.82, 2.24) is 5.32 Å². The first-order valence-electron chi connectivity index (χ1n) is 5.86. The van der Waals surface area contributed by atoms with Gasteiger partial charge in [-0.3, -0.25) is 4.79 Å². The van der Waals surface area contributed by atoms with E-state index in [2.05, 4.69) is 5.32 Å². The number of hydrogen-bond acceptors (Lipinski definition) is 4. The number of benzene rings is 1. The third-order valence-corrected chi connectivity index (χ3v) is 2.63. The van der Waals surface area contributed by atoms with Crippen molar-refractivity contribution in [2.45, 2.75) is 19.4 Å². The maximum absolute atomic E-state index is 10.6. The van der Waals surface area contributed by atoms with Gasteiger partial charge in [0.2, 0.25) is 5.91 Å². The molecule has 4 N–H and O–H groups in total. The van der Waals surface area contributed by atoms with Gasteiger partial charge >= 0.3 is 0 Å². The number of amides is 1. The van der Waals surface area contributed by atoms with Gasteiger partial charge < -0.3 is 20.9 Å². The Hall–Kier alpha value is -1.59. The standard InChI is InChI=1S/C13H20N2O3/c1-9-3-4-12(18-2)10(7-9)11(16)8-15-6-5-13(14)17/h3-4,7,11,15-16H,5-6,8H2,1-2H3,(H2,14,17). The summed E-state index contributed by atoms with van der Waals surface area (Å²) in [6.45, 7) is 2.77. The van der Waals surface area contributed by atoms with E-state index in [0.29, 0.717) is 18.8 Å². The minimum atomic E-state index is -0.673. The first kappa shape index (κ1) is 14.5. The van der Waals surface area contributed by atoms with E-state index in [1.165, 1.54) is 0 Å². The van der Waals surface area contributed by atoms with Crippen LogP contribution >= 0.6 is 0 Å². The van der Waals surface area contributed by atoms with Crippen molar-refractivity contribution in [3.63, 3.8) is 0 Å². The molecule has 100 valence electrons. The van der Waals surface area contributed by atoms with Crippen LogP contribution in [0, 0.1) is 6.92 Å². The van der Waals surface area contributed by atoms with Gasteiger partial charge in [0.05, 0.1) is 13.2 Å². The molecule has 1 aromatic rings. The van der Waals surface area contributed by atoms with Gasteiger partial charge in [-0.1, -0.05) is 11.6 Å². The number of aliphatic hydroxyl groups is 1. The Morgan fingerprint density at radius 3 is 2.89 bits per heavy atom. The quantitative estimate of drug-likeness (QED) is 0.617. The number of methoxy groups -OCH3 is 1. The predicted octanol–water partition coefficient (Wildman–Crippen LogP) is 0.502. The maximum Gasteiger partial charge on any atom is 0.218 e. The molecule has 0 aliphatic heterocycles. The molecule has 18 heavy (non-hydrogen) atoms. The number of aliphatic hydroxyl groups excluding tert-OH is 1. The number of ether oxygens (including phenoxy) is 1. The van der Waals surface area contributed by atoms with Crippen LogP contribution in [0.4, 0.5) is 0 Å². The summed E-state index contributed by atoms with van der Waals surface area (Å²) in [5.41, 5.74) is 6.82. The molecule has 0 aliphatic rings. The highest BCUT2D eigenvalue weighted by molar-refractivity contribution is 5.73. The fourth-order valence-electron chi connectivity index (χ4n) is 1.67. The summed E-state index contributed by atoms with van der Waals surface area (Å²) in [5, 5.41) is 13.0. The van der Waals surface area contributed by atoms with Crippen LogP contribution in [0.2, 0.25) is 0 Å². The summed E-state index contributed by atoms with van der Waals surface area (Å²) >= 11 is 0. The molecule has 0 heterocycles. The Labute approximate surface area is 107 Å². The van der Waals surface area contributed by atoms with Gasteiger partial charge in [0, 0.05) is 25.1 Å². The molecule has 0 saturated heterocycles. The summed E-state index contributed by atoms with van der Waals surface area (Å²) in [7, 11) is 1.57. The molecule has 0 fully saturated rings. The van der Waals surface area contributed by atoms with Gasteiger partial charge in [-0.25, -0.2) is 0 Å². The highest BCUT2D eigenvalue weighted by Gasteiger charge is 2.13. The molecular weight excluding hydrogens is 232 g/mol. The van der Waals surface area contributed by atoms with Crippen molar-refractivity contribution >= 4 is 5.91 Å². The number of rotatable bonds is 7. The molecule has 5 nitrogen and oxygen atoms in total. The van der Waals surface area contributed by atoms with E-state index in [1.807, 2.05) is 25.1 Å². The van der Waals surface area contributed by atoms with Crippen LogP contribution in [0.3, 0.4) is 0 Å². The summed E-state index contributed by atoms with van der Waals surface area (Å²) in [6.07, 6.45) is -0.412. The molecule has 0 radical (unpaired) electrons. The number of hydrogen-bond donors (Lipinski definition) is 3. The van der Waals surface area contributed by atoms with E-state index in [-0.39, 0.29) is 12.3 Å². The van der Waals surface area contributed by atoms with Crippen LogP contribution in [-0.4, -0.2) is 31.2 Å². The zero-order valence-electron chi connectivity index (χ0n) is 10.8. The number of aryl methyl sites for hydroxylation is 1. The second kappa shape index (κ2) is 6.98. The highest BCUT2D eigenvalue weighted by atomic mass is 16.5. The summed E-state index contributed by atoms with van der Waals surface area (Å²) in [4.78, 5) is 10.6. The van der Waals surface area contributed by atoms with Crippen LogP contribution in [0.15, 0.2) is 18.2 Å². The Morgan fingerprint density at radius 2 is 2.28 bits per heavy atom. The lowest BCUT2D eigenvalue weighted by Gasteiger charge is -2.16. The van der Waals surface area contributed by atoms with E-state index in [1.54, 1.807) is 7.11 Å². The fraction of sp³-hybridized carbons (Fsp3) is 0.462. The minimum Gasteiger partial charge on any atom is -0.496 e. The second-order valence-corrected chi connectivity index (χ2v) is 4.18. The van der Waals surface area contributed by atoms with Gasteiger partial charge in [-0.15, -0.1) is 0 Å². The lowest BCUT2D eigenvalue weighted by atomic mass is 10.1. The van der Waals surface area contributed by atoms with Crippen molar-refractivity contribution in [3.8, 4) is 5.75 Å². The van der Waals surface area contributed by atoms with E-state index in [4.69, 9.17) is 10.5 Å². The molecule has 5 heteroatoms. The Balaban J connectivity index is 2.57. The maximum atomic E-state index is 10.6. The molecule has 1 aromatic carbocycles. The second-order valence-electron chi connectivity index (χ2n) is 4.18. The molecule has 0 aliphatic carbocycles. The largest absolute Gasteiger partial charge is 0.496 e. The Kier molecular flexibility index (Phi) is 5.61. The fourth-order valence-corrected chi connectivity index (χ4v) is 1.67. The third kappa shape index (κ3) is 4.35. The first-order chi connectivity index (χ1) is 8.54. The van der Waals surface area contributed by atoms with Crippen molar-refractivity contribution in [2.75, 3.05) is 20.2 Å². The van der Waals surface area contributed by atoms with Crippen LogP contribution in [0.25, 0.3) is 0 Å². The summed E-state index contributed by atoms with van der Waals surface area (Å²) < 4.78 is 5.20. The van der Waals surface area contributed by atoms with Crippen molar-refractivity contribution < 1.29 is 14.6 Å². The summed E-state index contributed by atoms with van der Waals surface area (Å²) in [5.74, 6) is 0.301. The average Bonchev–Trinajstić information content (AvgIpc) is 2.34. The molecular formula is C13H20N2O3. The molecule has 1 amide bonds. The van der Waals surface area contributed by atoms with Crippen LogP contribution < -0.4 is 15.8 Å². The normalized spacial score (nSPS) is 12.2. The minimum absolute atomic E-state index is 0.262. The van der Waals surface area contributed by atoms with Crippen LogP contribution in [-0.2, 0) is 4.79 Å². The van der Waals surface area contributed by atoms with E-state index < -0.39 is 6.10 Å². The van der Waals surface area contributed by atoms with Gasteiger partial charge in [0.15, 0.2) is 0 Å². The SMILES string of the molecule is COc1ccc(C)cc1C(O)CNCCC(N)=O. The number of carbonyl (C=O) groups excluding carboxylic acids is 1. The van der Waals surface area contributed by atoms with Crippen molar-refractivity contribution in [2.24, 2.45) is 5.73 Å². The molecule has 1 atom stereocenters. The van der Waals surface area contributed by atoms with E-state index in [9.17, 15) is 9.90 Å². The molecule has 0 aromatic heterocycles. The smallest absolute Gasteiger partial charge is 0.218 e. The monoisotopic (exact) mass is 252 g/mol. The molecule has 0 spiro atoms. The topological polar surface area (TPSA) is 84.6 Å². The van der Waals surface area contributed by atoms with Gasteiger partial charge in [0.25, 0.3) is 0 Å². The number of nitrogens with one attached hydrogen (secondary N) is 1. The lowest BCUT2D eigenvalue weighted by molar-refractivity contribution is -0.117. The molecule has 1 unspecified atom stereocenters. The Bertz CT molecular complexity index is 407. The van der Waals surface area contributed by atoms with Gasteiger partial charge in [-0.05, 0) is 19.1 Å². The molecule has 0 bridgehead atoms. The zero-order chi connectivity index (χ0) is 13.5. The van der Waals surface area contributed by atoms with Crippen molar-refractivity contribution in [1.29, 1.82) is 0 Å². The lowest BCUT2D eigenvalue weighted by Crippen LogP contribution is -2.26. The highest BCUT2D eigenvalue weighted by Crippen LogP contribution is 2.25. The molecule has 1 rings (SSSR count). The third-order valence-electron chi connectivity index (χ3n) is 2.63. The van der Waals surface area contributed by atoms with Crippen LogP contribution in [0.1, 0.15) is 23.7 Å². The number of primary amides is 1. The predicted molar refractivity (Wildman–Crippen MR) is 69.4 cm³/mol. The van der Waals surface area contributed by atoms with E-state index >= 15 is 0 Å². The molecule has 0 saturated carbocycles. The number of carbonyl (C=O) groups is 1. The van der Waals surface area contributed by atoms with Crippen molar-refractivity contribution in [3.05, 3.63) is 29.3 Å². The van der Waals surface area contributed by atoms with Gasteiger partial charge in [-0.2, -0.15) is 0 Å². The van der Waals surface area contributed by atoms with Gasteiger partial charge in [0.1, 0.15) is 5.75 Å².